The smallest absolute Gasteiger partial charge is 0.338 e. The van der Waals surface area contributed by atoms with Crippen molar-refractivity contribution >= 4 is 46.6 Å². The number of aromatic hydroxyl groups is 1. The van der Waals surface area contributed by atoms with Crippen molar-refractivity contribution in [1.82, 2.24) is 4.98 Å². The quantitative estimate of drug-likeness (QED) is 0.374. The van der Waals surface area contributed by atoms with E-state index in [0.717, 1.165) is 21.9 Å². The fraction of sp³-hybridized carbons (Fsp3) is 0.357. The molecule has 1 aromatic heterocycles. The lowest BCUT2D eigenvalue weighted by atomic mass is 9.68. The van der Waals surface area contributed by atoms with E-state index in [-0.39, 0.29) is 58.0 Å². The number of rotatable bonds is 4. The van der Waals surface area contributed by atoms with Crippen molar-refractivity contribution in [3.63, 3.8) is 0 Å². The van der Waals surface area contributed by atoms with Crippen LogP contribution >= 0.6 is 23.1 Å². The van der Waals surface area contributed by atoms with Gasteiger partial charge < -0.3 is 14.8 Å². The summed E-state index contributed by atoms with van der Waals surface area (Å²) in [6, 6.07) is 13.6. The van der Waals surface area contributed by atoms with Crippen LogP contribution in [0.4, 0.5) is 5.69 Å². The van der Waals surface area contributed by atoms with Crippen molar-refractivity contribution in [1.29, 1.82) is 0 Å². The summed E-state index contributed by atoms with van der Waals surface area (Å²) in [6.07, 6.45) is 0.772. The number of aromatic nitrogens is 1. The second kappa shape index (κ2) is 8.57. The SMILES string of the molecule is CCOC(=O)c1ccc(N2C(=O)[C@H]3[C@H]4C[C@@H]([C@@H]3C2=O)[C@H]2[C@H](c3ccccc3O)c3sc(=O)[nH]c3S[C@H]42)cc1. The van der Waals surface area contributed by atoms with Gasteiger partial charge in [-0.15, -0.1) is 11.8 Å². The lowest BCUT2D eigenvalue weighted by Crippen LogP contribution is -2.42. The zero-order valence-corrected chi connectivity index (χ0v) is 22.0. The van der Waals surface area contributed by atoms with Crippen molar-refractivity contribution in [2.45, 2.75) is 29.5 Å². The topological polar surface area (TPSA) is 117 Å². The maximum Gasteiger partial charge on any atom is 0.338 e. The molecule has 8 nitrogen and oxygen atoms in total. The maximum absolute atomic E-state index is 13.8. The minimum Gasteiger partial charge on any atom is -0.508 e. The summed E-state index contributed by atoms with van der Waals surface area (Å²) < 4.78 is 5.04. The fourth-order valence-electron chi connectivity index (χ4n) is 7.33. The molecule has 3 aromatic rings. The number of hydrogen-bond acceptors (Lipinski definition) is 8. The number of thioether (sulfide) groups is 1. The second-order valence-corrected chi connectivity index (χ2v) is 12.5. The van der Waals surface area contributed by atoms with Gasteiger partial charge in [0, 0.05) is 21.6 Å². The number of carbonyl (C=O) groups is 3. The molecule has 3 fully saturated rings. The van der Waals surface area contributed by atoms with E-state index >= 15 is 0 Å². The number of phenolic OH excluding ortho intramolecular Hbond substituents is 1. The van der Waals surface area contributed by atoms with E-state index in [4.69, 9.17) is 4.74 Å². The van der Waals surface area contributed by atoms with Gasteiger partial charge in [-0.05, 0) is 61.4 Å². The molecule has 1 saturated heterocycles. The summed E-state index contributed by atoms with van der Waals surface area (Å²) in [4.78, 5) is 57.0. The second-order valence-electron chi connectivity index (χ2n) is 10.3. The normalized spacial score (nSPS) is 30.8. The lowest BCUT2D eigenvalue weighted by Gasteiger charge is -2.43. The predicted octanol–water partition coefficient (Wildman–Crippen LogP) is 4.00. The van der Waals surface area contributed by atoms with Crippen LogP contribution in [0.2, 0.25) is 0 Å². The Morgan fingerprint density at radius 1 is 1.05 bits per heavy atom. The van der Waals surface area contributed by atoms with Gasteiger partial charge in [-0.2, -0.15) is 0 Å². The fourth-order valence-corrected chi connectivity index (χ4v) is 10.2. The first-order valence-corrected chi connectivity index (χ1v) is 14.4. The Morgan fingerprint density at radius 3 is 2.47 bits per heavy atom. The van der Waals surface area contributed by atoms with Gasteiger partial charge in [-0.1, -0.05) is 29.5 Å². The number of carbonyl (C=O) groups excluding carboxylic acids is 3. The van der Waals surface area contributed by atoms with Crippen LogP contribution in [0, 0.1) is 29.6 Å². The van der Waals surface area contributed by atoms with E-state index in [2.05, 4.69) is 4.98 Å². The lowest BCUT2D eigenvalue weighted by molar-refractivity contribution is -0.123. The minimum absolute atomic E-state index is 0.00911. The van der Waals surface area contributed by atoms with Crippen LogP contribution in [0.1, 0.15) is 40.1 Å². The minimum atomic E-state index is -0.449. The molecule has 2 aromatic carbocycles. The van der Waals surface area contributed by atoms with Gasteiger partial charge >= 0.3 is 10.8 Å². The summed E-state index contributed by atoms with van der Waals surface area (Å²) in [5.74, 6) is -1.79. The number of imide groups is 1. The summed E-state index contributed by atoms with van der Waals surface area (Å²) >= 11 is 2.78. The van der Waals surface area contributed by atoms with Crippen molar-refractivity contribution in [2.24, 2.45) is 29.6 Å². The molecule has 7 atom stereocenters. The Kier molecular flexibility index (Phi) is 5.35. The van der Waals surface area contributed by atoms with Crippen molar-refractivity contribution in [3.05, 3.63) is 74.2 Å². The Bertz CT molecular complexity index is 1550. The average Bonchev–Trinajstić information content (AvgIpc) is 3.64. The number of aromatic amines is 1. The van der Waals surface area contributed by atoms with E-state index < -0.39 is 17.8 Å². The number of H-pyrrole nitrogens is 1. The highest BCUT2D eigenvalue weighted by Crippen LogP contribution is 2.69. The third-order valence-corrected chi connectivity index (χ3v) is 11.2. The van der Waals surface area contributed by atoms with Crippen molar-refractivity contribution in [3.8, 4) is 5.75 Å². The van der Waals surface area contributed by atoms with E-state index in [1.807, 2.05) is 12.1 Å². The summed E-state index contributed by atoms with van der Waals surface area (Å²) in [6.45, 7) is 2.00. The van der Waals surface area contributed by atoms with Gasteiger partial charge in [0.2, 0.25) is 11.8 Å². The van der Waals surface area contributed by atoms with E-state index in [1.165, 1.54) is 16.2 Å². The first-order chi connectivity index (χ1) is 18.4. The number of thiazole rings is 1. The molecule has 2 aliphatic carbocycles. The molecule has 38 heavy (non-hydrogen) atoms. The largest absolute Gasteiger partial charge is 0.508 e. The molecule has 0 spiro atoms. The van der Waals surface area contributed by atoms with Crippen LogP contribution in [0.5, 0.6) is 5.75 Å². The Balaban J connectivity index is 1.26. The first-order valence-electron chi connectivity index (χ1n) is 12.7. The molecule has 2 bridgehead atoms. The zero-order chi connectivity index (χ0) is 26.3. The highest BCUT2D eigenvalue weighted by molar-refractivity contribution is 8.00. The monoisotopic (exact) mass is 548 g/mol. The third-order valence-electron chi connectivity index (χ3n) is 8.63. The van der Waals surface area contributed by atoms with Crippen LogP contribution in [-0.4, -0.2) is 39.7 Å². The molecule has 0 radical (unpaired) electrons. The molecule has 4 aliphatic rings. The van der Waals surface area contributed by atoms with E-state index in [0.29, 0.717) is 11.3 Å². The molecule has 3 heterocycles. The van der Waals surface area contributed by atoms with Gasteiger partial charge in [-0.3, -0.25) is 19.3 Å². The number of esters is 1. The van der Waals surface area contributed by atoms with E-state index in [1.54, 1.807) is 55.1 Å². The number of hydrogen-bond donors (Lipinski definition) is 2. The number of fused-ring (bicyclic) bond motifs is 9. The number of nitrogens with zero attached hydrogens (tertiary/aromatic N) is 1. The van der Waals surface area contributed by atoms with Gasteiger partial charge in [-0.25, -0.2) is 4.79 Å². The molecule has 2 N–H and O–H groups in total. The number of anilines is 1. The highest BCUT2D eigenvalue weighted by Gasteiger charge is 2.69. The molecular formula is C28H24N2O6S2. The number of amides is 2. The summed E-state index contributed by atoms with van der Waals surface area (Å²) in [5, 5.41) is 11.7. The number of phenols is 1. The van der Waals surface area contributed by atoms with Crippen molar-refractivity contribution < 1.29 is 24.2 Å². The zero-order valence-electron chi connectivity index (χ0n) is 20.3. The molecular weight excluding hydrogens is 524 g/mol. The number of benzene rings is 2. The van der Waals surface area contributed by atoms with Gasteiger partial charge in [0.05, 0.1) is 34.7 Å². The molecule has 2 amide bonds. The van der Waals surface area contributed by atoms with Crippen LogP contribution in [0.3, 0.4) is 0 Å². The van der Waals surface area contributed by atoms with Gasteiger partial charge in [0.25, 0.3) is 0 Å². The Hall–Kier alpha value is -3.37. The first kappa shape index (κ1) is 23.7. The number of nitrogens with one attached hydrogen (secondary N) is 1. The number of para-hydroxylation sites is 1. The Labute approximate surface area is 226 Å². The molecule has 2 saturated carbocycles. The number of ether oxygens (including phenoxy) is 1. The van der Waals surface area contributed by atoms with Gasteiger partial charge in [0.15, 0.2) is 0 Å². The van der Waals surface area contributed by atoms with Crippen LogP contribution in [-0.2, 0) is 14.3 Å². The van der Waals surface area contributed by atoms with Crippen LogP contribution in [0.25, 0.3) is 0 Å². The summed E-state index contributed by atoms with van der Waals surface area (Å²) in [7, 11) is 0. The molecule has 10 heteroatoms. The third kappa shape index (κ3) is 3.22. The average molecular weight is 549 g/mol. The standard InChI is InChI=1S/C28H24N2O6S2/c1-2-36-27(34)12-7-9-13(10-8-12)30-25(32)20-15-11-16(21(20)26(30)33)22-19(15)18(14-5-3-4-6-17(14)31)23-24(37-22)29-28(35)38-23/h3-10,15-16,18-22,31H,2,11H2,1H3,(H,29,35)/t15-,16-,18+,19+,20+,21+,22-/m1/s1. The summed E-state index contributed by atoms with van der Waals surface area (Å²) in [5.41, 5.74) is 1.58. The van der Waals surface area contributed by atoms with Gasteiger partial charge in [0.1, 0.15) is 5.75 Å². The molecule has 2 aliphatic heterocycles. The van der Waals surface area contributed by atoms with Crippen LogP contribution < -0.4 is 9.77 Å². The molecule has 7 rings (SSSR count). The maximum atomic E-state index is 13.8. The molecule has 0 unspecified atom stereocenters. The van der Waals surface area contributed by atoms with Crippen molar-refractivity contribution in [2.75, 3.05) is 11.5 Å². The highest BCUT2D eigenvalue weighted by atomic mass is 32.2. The Morgan fingerprint density at radius 2 is 1.76 bits per heavy atom. The molecule has 194 valence electrons. The van der Waals surface area contributed by atoms with Crippen LogP contribution in [0.15, 0.2) is 58.4 Å². The van der Waals surface area contributed by atoms with E-state index in [9.17, 15) is 24.3 Å². The predicted molar refractivity (Wildman–Crippen MR) is 141 cm³/mol.